The van der Waals surface area contributed by atoms with Crippen LogP contribution in [-0.4, -0.2) is 5.91 Å². The Morgan fingerprint density at radius 1 is 1.00 bits per heavy atom. The quantitative estimate of drug-likeness (QED) is 0.648. The number of carbonyl (C=O) groups is 1. The van der Waals surface area contributed by atoms with E-state index in [1.165, 1.54) is 6.08 Å². The van der Waals surface area contributed by atoms with Crippen molar-refractivity contribution >= 4 is 17.7 Å². The summed E-state index contributed by atoms with van der Waals surface area (Å²) in [5.74, 6) is 0.435. The van der Waals surface area contributed by atoms with Crippen LogP contribution >= 0.6 is 0 Å². The highest BCUT2D eigenvalue weighted by Crippen LogP contribution is 2.17. The van der Waals surface area contributed by atoms with E-state index in [9.17, 15) is 4.79 Å². The minimum Gasteiger partial charge on any atom is -0.489 e. The van der Waals surface area contributed by atoms with Crippen molar-refractivity contribution in [2.75, 3.05) is 5.32 Å². The minimum atomic E-state index is -0.298. The molecule has 27 heavy (non-hydrogen) atoms. The third kappa shape index (κ3) is 5.32. The molecule has 0 aliphatic heterocycles. The first-order valence-electron chi connectivity index (χ1n) is 8.49. The number of carbonyl (C=O) groups excluding carboxylic acids is 1. The maximum Gasteiger partial charge on any atom is 0.248 e. The van der Waals surface area contributed by atoms with Gasteiger partial charge in [0, 0.05) is 6.08 Å². The third-order valence-corrected chi connectivity index (χ3v) is 3.84. The predicted octanol–water partition coefficient (Wildman–Crippen LogP) is 4.79. The summed E-state index contributed by atoms with van der Waals surface area (Å²) in [7, 11) is 0. The number of hydrogen-bond acceptors (Lipinski definition) is 3. The lowest BCUT2D eigenvalue weighted by molar-refractivity contribution is -0.111. The molecule has 0 aliphatic rings. The monoisotopic (exact) mass is 354 g/mol. The van der Waals surface area contributed by atoms with Gasteiger partial charge in [0.1, 0.15) is 18.4 Å². The van der Waals surface area contributed by atoms with Gasteiger partial charge in [0.05, 0.1) is 11.3 Å². The van der Waals surface area contributed by atoms with Crippen molar-refractivity contribution < 1.29 is 9.53 Å². The topological polar surface area (TPSA) is 62.1 Å². The van der Waals surface area contributed by atoms with E-state index in [0.29, 0.717) is 17.9 Å². The summed E-state index contributed by atoms with van der Waals surface area (Å²) in [6.07, 6.45) is 3.14. The normalized spacial score (nSPS) is 10.3. The van der Waals surface area contributed by atoms with Gasteiger partial charge in [-0.25, -0.2) is 0 Å². The zero-order chi connectivity index (χ0) is 18.9. The minimum absolute atomic E-state index is 0.298. The van der Waals surface area contributed by atoms with Crippen LogP contribution in [-0.2, 0) is 11.4 Å². The maximum absolute atomic E-state index is 12.1. The van der Waals surface area contributed by atoms with Crippen LogP contribution < -0.4 is 10.1 Å². The molecule has 0 saturated heterocycles. The van der Waals surface area contributed by atoms with E-state index in [2.05, 4.69) is 11.4 Å². The van der Waals surface area contributed by atoms with Crippen molar-refractivity contribution in [1.29, 1.82) is 5.26 Å². The molecule has 3 aromatic carbocycles. The Morgan fingerprint density at radius 2 is 1.78 bits per heavy atom. The largest absolute Gasteiger partial charge is 0.489 e. The number of anilines is 1. The predicted molar refractivity (Wildman–Crippen MR) is 106 cm³/mol. The fraction of sp³-hybridized carbons (Fsp3) is 0.0435. The molecule has 0 saturated carbocycles. The summed E-state index contributed by atoms with van der Waals surface area (Å²) in [5, 5.41) is 11.8. The van der Waals surface area contributed by atoms with E-state index >= 15 is 0 Å². The van der Waals surface area contributed by atoms with E-state index in [1.54, 1.807) is 30.3 Å². The van der Waals surface area contributed by atoms with Gasteiger partial charge in [-0.1, -0.05) is 54.6 Å². The van der Waals surface area contributed by atoms with Crippen molar-refractivity contribution in [1.82, 2.24) is 0 Å². The summed E-state index contributed by atoms with van der Waals surface area (Å²) in [4.78, 5) is 12.1. The number of amides is 1. The maximum atomic E-state index is 12.1. The standard InChI is InChI=1S/C23H18N2O2/c24-16-20-10-4-5-12-22(20)25-23(26)14-13-18-9-6-11-21(15-18)27-17-19-7-2-1-3-8-19/h1-15H,17H2,(H,25,26)/b14-13+. The molecule has 1 N–H and O–H groups in total. The first-order valence-corrected chi connectivity index (χ1v) is 8.49. The summed E-state index contributed by atoms with van der Waals surface area (Å²) in [6.45, 7) is 0.486. The number of hydrogen-bond donors (Lipinski definition) is 1. The van der Waals surface area contributed by atoms with Gasteiger partial charge < -0.3 is 10.1 Å². The Labute approximate surface area is 158 Å². The van der Waals surface area contributed by atoms with Crippen LogP contribution in [0.4, 0.5) is 5.69 Å². The fourth-order valence-electron chi connectivity index (χ4n) is 2.48. The average molecular weight is 354 g/mol. The molecule has 4 nitrogen and oxygen atoms in total. The molecule has 0 aliphatic carbocycles. The van der Waals surface area contributed by atoms with Gasteiger partial charge in [-0.3, -0.25) is 4.79 Å². The fourth-order valence-corrected chi connectivity index (χ4v) is 2.48. The number of para-hydroxylation sites is 1. The summed E-state index contributed by atoms with van der Waals surface area (Å²) in [5.41, 5.74) is 2.86. The van der Waals surface area contributed by atoms with Crippen molar-refractivity contribution in [3.63, 3.8) is 0 Å². The summed E-state index contributed by atoms with van der Waals surface area (Å²) < 4.78 is 5.79. The molecule has 0 radical (unpaired) electrons. The average Bonchev–Trinajstić information content (AvgIpc) is 2.72. The highest BCUT2D eigenvalue weighted by molar-refractivity contribution is 6.02. The Kier molecular flexibility index (Phi) is 6.00. The smallest absolute Gasteiger partial charge is 0.248 e. The molecule has 3 aromatic rings. The van der Waals surface area contributed by atoms with Crippen LogP contribution in [0.3, 0.4) is 0 Å². The van der Waals surface area contributed by atoms with Crippen molar-refractivity contribution in [3.05, 3.63) is 102 Å². The van der Waals surface area contributed by atoms with Gasteiger partial charge >= 0.3 is 0 Å². The van der Waals surface area contributed by atoms with Crippen LogP contribution in [0.5, 0.6) is 5.75 Å². The highest BCUT2D eigenvalue weighted by Gasteiger charge is 2.03. The molecule has 0 unspecified atom stereocenters. The van der Waals surface area contributed by atoms with Gasteiger partial charge in [-0.2, -0.15) is 5.26 Å². The number of ether oxygens (including phenoxy) is 1. The first kappa shape index (κ1) is 18.0. The molecule has 0 heterocycles. The van der Waals surface area contributed by atoms with E-state index < -0.39 is 0 Å². The van der Waals surface area contributed by atoms with E-state index in [-0.39, 0.29) is 5.91 Å². The van der Waals surface area contributed by atoms with Gasteiger partial charge in [-0.15, -0.1) is 0 Å². The van der Waals surface area contributed by atoms with Crippen LogP contribution in [0, 0.1) is 11.3 Å². The van der Waals surface area contributed by atoms with Crippen LogP contribution in [0.2, 0.25) is 0 Å². The Bertz CT molecular complexity index is 989. The molecule has 0 spiro atoms. The summed E-state index contributed by atoms with van der Waals surface area (Å²) >= 11 is 0. The number of rotatable bonds is 6. The number of nitrogens with one attached hydrogen (secondary N) is 1. The number of nitrogens with zero attached hydrogens (tertiary/aromatic N) is 1. The lowest BCUT2D eigenvalue weighted by Crippen LogP contribution is -2.08. The van der Waals surface area contributed by atoms with Crippen molar-refractivity contribution in [2.24, 2.45) is 0 Å². The third-order valence-electron chi connectivity index (χ3n) is 3.84. The van der Waals surface area contributed by atoms with Gasteiger partial charge in [0.15, 0.2) is 0 Å². The molecule has 132 valence electrons. The molecule has 0 aromatic heterocycles. The van der Waals surface area contributed by atoms with E-state index in [0.717, 1.165) is 16.9 Å². The Balaban J connectivity index is 1.61. The lowest BCUT2D eigenvalue weighted by atomic mass is 10.2. The van der Waals surface area contributed by atoms with Crippen molar-refractivity contribution in [3.8, 4) is 11.8 Å². The van der Waals surface area contributed by atoms with E-state index in [1.807, 2.05) is 54.6 Å². The van der Waals surface area contributed by atoms with Gasteiger partial charge in [-0.05, 0) is 41.5 Å². The second-order valence-corrected chi connectivity index (χ2v) is 5.83. The molecule has 4 heteroatoms. The molecule has 1 amide bonds. The molecule has 0 fully saturated rings. The molecular formula is C23H18N2O2. The molecule has 0 bridgehead atoms. The van der Waals surface area contributed by atoms with Gasteiger partial charge in [0.25, 0.3) is 0 Å². The van der Waals surface area contributed by atoms with E-state index in [4.69, 9.17) is 10.00 Å². The highest BCUT2D eigenvalue weighted by atomic mass is 16.5. The number of benzene rings is 3. The van der Waals surface area contributed by atoms with Crippen LogP contribution in [0.15, 0.2) is 84.9 Å². The first-order chi connectivity index (χ1) is 13.2. The Morgan fingerprint density at radius 3 is 2.59 bits per heavy atom. The molecular weight excluding hydrogens is 336 g/mol. The second-order valence-electron chi connectivity index (χ2n) is 5.83. The SMILES string of the molecule is N#Cc1ccccc1NC(=O)/C=C/c1cccc(OCc2ccccc2)c1. The van der Waals surface area contributed by atoms with Gasteiger partial charge in [0.2, 0.25) is 5.91 Å². The van der Waals surface area contributed by atoms with Crippen LogP contribution in [0.25, 0.3) is 6.08 Å². The Hall–Kier alpha value is -3.84. The molecule has 0 atom stereocenters. The summed E-state index contributed by atoms with van der Waals surface area (Å²) in [6, 6.07) is 26.4. The molecule has 3 rings (SSSR count). The van der Waals surface area contributed by atoms with Crippen molar-refractivity contribution in [2.45, 2.75) is 6.61 Å². The number of nitriles is 1. The zero-order valence-electron chi connectivity index (χ0n) is 14.6. The second kappa shape index (κ2) is 9.02. The zero-order valence-corrected chi connectivity index (χ0v) is 14.6. The van der Waals surface area contributed by atoms with Crippen LogP contribution in [0.1, 0.15) is 16.7 Å². The lowest BCUT2D eigenvalue weighted by Gasteiger charge is -2.07.